The minimum Gasteiger partial charge on any atom is -0.492 e. The van der Waals surface area contributed by atoms with E-state index in [4.69, 9.17) is 4.74 Å². The molecule has 0 unspecified atom stereocenters. The quantitative estimate of drug-likeness (QED) is 0.709. The Morgan fingerprint density at radius 2 is 1.76 bits per heavy atom. The Morgan fingerprint density at radius 1 is 1.03 bits per heavy atom. The van der Waals surface area contributed by atoms with Gasteiger partial charge < -0.3 is 10.1 Å². The minimum absolute atomic E-state index is 0.0646. The first kappa shape index (κ1) is 21.3. The van der Waals surface area contributed by atoms with Crippen LogP contribution < -0.4 is 10.1 Å². The number of nitrogens with one attached hydrogen (secondary N) is 1. The van der Waals surface area contributed by atoms with Crippen LogP contribution in [0.5, 0.6) is 5.75 Å². The fourth-order valence-electron chi connectivity index (χ4n) is 3.68. The number of hydrogen-bond donors (Lipinski definition) is 1. The van der Waals surface area contributed by atoms with Crippen molar-refractivity contribution in [1.82, 2.24) is 4.31 Å². The zero-order valence-corrected chi connectivity index (χ0v) is 18.0. The number of carbonyl (C=O) groups excluding carboxylic acids is 1. The van der Waals surface area contributed by atoms with E-state index in [1.165, 1.54) is 21.5 Å². The molecule has 1 aliphatic carbocycles. The van der Waals surface area contributed by atoms with E-state index in [1.54, 1.807) is 32.9 Å². The molecule has 0 aromatic heterocycles. The van der Waals surface area contributed by atoms with E-state index in [2.05, 4.69) is 5.32 Å². The Hall–Kier alpha value is -2.38. The number of aryl methyl sites for hydroxylation is 2. The van der Waals surface area contributed by atoms with Crippen molar-refractivity contribution in [2.24, 2.45) is 0 Å². The summed E-state index contributed by atoms with van der Waals surface area (Å²) in [6.45, 7) is 6.45. The zero-order chi connectivity index (χ0) is 21.0. The van der Waals surface area contributed by atoms with E-state index in [0.29, 0.717) is 30.9 Å². The maximum atomic E-state index is 13.1. The van der Waals surface area contributed by atoms with Gasteiger partial charge in [0.25, 0.3) is 5.91 Å². The summed E-state index contributed by atoms with van der Waals surface area (Å²) in [5.74, 6) is 0.0324. The summed E-state index contributed by atoms with van der Waals surface area (Å²) in [6, 6.07) is 10.5. The van der Waals surface area contributed by atoms with Gasteiger partial charge in [-0.1, -0.05) is 19.9 Å². The molecule has 2 aromatic rings. The van der Waals surface area contributed by atoms with Gasteiger partial charge in [-0.3, -0.25) is 4.79 Å². The predicted molar refractivity (Wildman–Crippen MR) is 114 cm³/mol. The summed E-state index contributed by atoms with van der Waals surface area (Å²) in [7, 11) is -3.73. The third kappa shape index (κ3) is 4.46. The highest BCUT2D eigenvalue weighted by Crippen LogP contribution is 2.30. The molecule has 7 heteroatoms. The average Bonchev–Trinajstić information content (AvgIpc) is 3.17. The predicted octanol–water partition coefficient (Wildman–Crippen LogP) is 3.86. The summed E-state index contributed by atoms with van der Waals surface area (Å²) >= 11 is 0. The topological polar surface area (TPSA) is 75.7 Å². The van der Waals surface area contributed by atoms with Crippen molar-refractivity contribution in [2.45, 2.75) is 44.9 Å². The Bertz CT molecular complexity index is 998. The molecule has 0 heterocycles. The molecular weight excluding hydrogens is 388 g/mol. The summed E-state index contributed by atoms with van der Waals surface area (Å²) in [6.07, 6.45) is 3.17. The van der Waals surface area contributed by atoms with Crippen LogP contribution >= 0.6 is 0 Å². The number of benzene rings is 2. The molecule has 0 saturated heterocycles. The van der Waals surface area contributed by atoms with Gasteiger partial charge in [-0.25, -0.2) is 8.42 Å². The fraction of sp³-hybridized carbons (Fsp3) is 0.409. The van der Waals surface area contributed by atoms with Gasteiger partial charge in [-0.2, -0.15) is 4.31 Å². The molecule has 156 valence electrons. The molecular formula is C22H28N2O4S. The standard InChI is InChI=1S/C22H28N2O4S/c1-4-24(5-2)29(26,27)21-15-19(12-13-20(21)28-6-3)23-22(25)18-11-10-16-8-7-9-17(16)14-18/h10-15H,4-9H2,1-3H3,(H,23,25). The molecule has 0 fully saturated rings. The Balaban J connectivity index is 1.91. The molecule has 2 aromatic carbocycles. The van der Waals surface area contributed by atoms with Gasteiger partial charge in [0.15, 0.2) is 0 Å². The highest BCUT2D eigenvalue weighted by Gasteiger charge is 2.26. The van der Waals surface area contributed by atoms with Crippen LogP contribution in [0, 0.1) is 0 Å². The smallest absolute Gasteiger partial charge is 0.255 e. The third-order valence-corrected chi connectivity index (χ3v) is 7.26. The average molecular weight is 417 g/mol. The van der Waals surface area contributed by atoms with Crippen LogP contribution in [0.4, 0.5) is 5.69 Å². The van der Waals surface area contributed by atoms with E-state index < -0.39 is 10.0 Å². The lowest BCUT2D eigenvalue weighted by atomic mass is 10.1. The second-order valence-corrected chi connectivity index (χ2v) is 8.88. The number of sulfonamides is 1. The molecule has 1 amide bonds. The maximum Gasteiger partial charge on any atom is 0.255 e. The van der Waals surface area contributed by atoms with Crippen molar-refractivity contribution in [2.75, 3.05) is 25.0 Å². The number of fused-ring (bicyclic) bond motifs is 1. The molecule has 0 spiro atoms. The van der Waals surface area contributed by atoms with Gasteiger partial charge in [0, 0.05) is 24.3 Å². The molecule has 0 bridgehead atoms. The molecule has 1 aliphatic rings. The van der Waals surface area contributed by atoms with Gasteiger partial charge in [0.05, 0.1) is 6.61 Å². The molecule has 0 atom stereocenters. The maximum absolute atomic E-state index is 13.1. The molecule has 1 N–H and O–H groups in total. The monoisotopic (exact) mass is 416 g/mol. The van der Waals surface area contributed by atoms with Gasteiger partial charge in [0.1, 0.15) is 10.6 Å². The normalized spacial score (nSPS) is 13.4. The van der Waals surface area contributed by atoms with Crippen molar-refractivity contribution in [1.29, 1.82) is 0 Å². The molecule has 0 aliphatic heterocycles. The number of anilines is 1. The van der Waals surface area contributed by atoms with Crippen molar-refractivity contribution in [3.8, 4) is 5.75 Å². The SMILES string of the molecule is CCOc1ccc(NC(=O)c2ccc3c(c2)CCC3)cc1S(=O)(=O)N(CC)CC. The van der Waals surface area contributed by atoms with E-state index in [9.17, 15) is 13.2 Å². The van der Waals surface area contributed by atoms with Crippen LogP contribution in [0.2, 0.25) is 0 Å². The Kier molecular flexibility index (Phi) is 6.59. The molecule has 3 rings (SSSR count). The number of carbonyl (C=O) groups is 1. The van der Waals surface area contributed by atoms with Crippen LogP contribution in [0.15, 0.2) is 41.3 Å². The van der Waals surface area contributed by atoms with Crippen molar-refractivity contribution < 1.29 is 17.9 Å². The second kappa shape index (κ2) is 8.97. The first-order chi connectivity index (χ1) is 13.9. The summed E-state index contributed by atoms with van der Waals surface area (Å²) in [4.78, 5) is 12.8. The largest absolute Gasteiger partial charge is 0.492 e. The van der Waals surface area contributed by atoms with E-state index >= 15 is 0 Å². The fourth-order valence-corrected chi connectivity index (χ4v) is 5.30. The highest BCUT2D eigenvalue weighted by molar-refractivity contribution is 7.89. The molecule has 0 radical (unpaired) electrons. The van der Waals surface area contributed by atoms with Gasteiger partial charge >= 0.3 is 0 Å². The number of ether oxygens (including phenoxy) is 1. The van der Waals surface area contributed by atoms with Crippen LogP contribution in [0.3, 0.4) is 0 Å². The first-order valence-electron chi connectivity index (χ1n) is 10.1. The summed E-state index contributed by atoms with van der Waals surface area (Å²) in [5.41, 5.74) is 3.52. The van der Waals surface area contributed by atoms with E-state index in [0.717, 1.165) is 19.3 Å². The van der Waals surface area contributed by atoms with Crippen molar-refractivity contribution in [3.63, 3.8) is 0 Å². The third-order valence-electron chi connectivity index (χ3n) is 5.19. The number of rotatable bonds is 8. The van der Waals surface area contributed by atoms with Gasteiger partial charge in [0.2, 0.25) is 10.0 Å². The zero-order valence-electron chi connectivity index (χ0n) is 17.2. The molecule has 6 nitrogen and oxygen atoms in total. The first-order valence-corrected chi connectivity index (χ1v) is 11.5. The van der Waals surface area contributed by atoms with Crippen LogP contribution in [0.1, 0.15) is 48.7 Å². The number of hydrogen-bond acceptors (Lipinski definition) is 4. The van der Waals surface area contributed by atoms with E-state index in [1.807, 2.05) is 18.2 Å². The molecule has 29 heavy (non-hydrogen) atoms. The van der Waals surface area contributed by atoms with Gasteiger partial charge in [-0.05, 0) is 67.6 Å². The van der Waals surface area contributed by atoms with Gasteiger partial charge in [-0.15, -0.1) is 0 Å². The lowest BCUT2D eigenvalue weighted by Gasteiger charge is -2.21. The van der Waals surface area contributed by atoms with Crippen molar-refractivity contribution >= 4 is 21.6 Å². The second-order valence-electron chi connectivity index (χ2n) is 6.98. The molecule has 0 saturated carbocycles. The van der Waals surface area contributed by atoms with Crippen LogP contribution in [-0.4, -0.2) is 38.3 Å². The summed E-state index contributed by atoms with van der Waals surface area (Å²) < 4.78 is 33.0. The minimum atomic E-state index is -3.73. The van der Waals surface area contributed by atoms with Crippen LogP contribution in [-0.2, 0) is 22.9 Å². The Morgan fingerprint density at radius 3 is 2.45 bits per heavy atom. The lowest BCUT2D eigenvalue weighted by molar-refractivity contribution is 0.102. The van der Waals surface area contributed by atoms with Crippen molar-refractivity contribution in [3.05, 3.63) is 53.1 Å². The highest BCUT2D eigenvalue weighted by atomic mass is 32.2. The number of amides is 1. The lowest BCUT2D eigenvalue weighted by Crippen LogP contribution is -2.31. The number of nitrogens with zero attached hydrogens (tertiary/aromatic N) is 1. The summed E-state index contributed by atoms with van der Waals surface area (Å²) in [5, 5.41) is 2.83. The van der Waals surface area contributed by atoms with Crippen LogP contribution in [0.25, 0.3) is 0 Å². The van der Waals surface area contributed by atoms with E-state index in [-0.39, 0.29) is 16.6 Å². The Labute approximate surface area is 172 Å².